The molecule has 17 nitrogen and oxygen atoms in total. The molecule has 4 atom stereocenters. The van der Waals surface area contributed by atoms with Gasteiger partial charge in [0.25, 0.3) is 0 Å². The number of hydrogen-bond acceptors (Lipinski definition) is 11. The second-order valence-electron chi connectivity index (χ2n) is 24.4. The fourth-order valence-corrected chi connectivity index (χ4v) is 12.9. The van der Waals surface area contributed by atoms with Crippen LogP contribution in [0.4, 0.5) is 58.9 Å². The fourth-order valence-electron chi connectivity index (χ4n) is 12.9. The molecule has 5 saturated heterocycles. The smallest absolute Gasteiger partial charge is 0.399 e. The van der Waals surface area contributed by atoms with E-state index in [-0.39, 0.29) is 39.0 Å². The van der Waals surface area contributed by atoms with E-state index in [4.69, 9.17) is 28.8 Å². The van der Waals surface area contributed by atoms with Crippen LogP contribution in [0, 0.1) is 25.7 Å². The minimum atomic E-state index is -4.32. The number of likely N-dealkylation sites (tertiary alicyclic amines) is 2. The molecule has 5 aliphatic rings. The molecule has 5 fully saturated rings. The van der Waals surface area contributed by atoms with E-state index in [9.17, 15) is 35.9 Å². The van der Waals surface area contributed by atoms with Crippen molar-refractivity contribution in [2.45, 2.75) is 117 Å². The maximum atomic E-state index is 13.6. The van der Waals surface area contributed by atoms with Crippen molar-refractivity contribution in [3.05, 3.63) is 108 Å². The number of ether oxygens (including phenoxy) is 2. The van der Waals surface area contributed by atoms with E-state index in [0.29, 0.717) is 88.2 Å². The molecule has 6 aromatic rings. The van der Waals surface area contributed by atoms with Gasteiger partial charge in [-0.25, -0.2) is 19.6 Å². The molecular weight excluding hydrogens is 1130 g/mol. The maximum absolute atomic E-state index is 13.6. The van der Waals surface area contributed by atoms with Crippen molar-refractivity contribution in [2.24, 2.45) is 11.8 Å². The Bertz CT molecular complexity index is 3470. The van der Waals surface area contributed by atoms with Gasteiger partial charge in [-0.15, -0.1) is 0 Å². The van der Waals surface area contributed by atoms with Crippen LogP contribution >= 0.6 is 0 Å². The molecule has 2 aromatic carbocycles. The van der Waals surface area contributed by atoms with Crippen molar-refractivity contribution in [3.63, 3.8) is 0 Å². The summed E-state index contributed by atoms with van der Waals surface area (Å²) in [6.45, 7) is 20.4. The highest BCUT2D eigenvalue weighted by Crippen LogP contribution is 2.52. The first-order chi connectivity index (χ1) is 41.4. The predicted octanol–water partition coefficient (Wildman–Crippen LogP) is 11.5. The number of carbonyl (C=O) groups is 2. The molecule has 0 saturated carbocycles. The average Bonchev–Trinajstić information content (AvgIpc) is 1.62. The van der Waals surface area contributed by atoms with E-state index in [1.807, 2.05) is 82.0 Å². The SMILES string of the molecule is CCn1cc(-c2cc(C(c3cc(-c4cc(-c5cc(NC(=O)N6CC[C@@H](CC(F)(F)F)C6)ccc5C)cc(N5CCOCC5)n4)cn3CC)C3(C)OB(c4cc(NC(=O)N5CC[C@@H](CC(F)(F)F)C5)ccc4C)OC3(C)C)cc(N3CCOCC3)n2)cn1. The number of benzene rings is 2. The van der Waals surface area contributed by atoms with Crippen molar-refractivity contribution < 1.29 is 54.7 Å². The molecule has 4 aromatic heterocycles. The lowest BCUT2D eigenvalue weighted by Gasteiger charge is -2.43. The van der Waals surface area contributed by atoms with Crippen molar-refractivity contribution in [1.29, 1.82) is 0 Å². The largest absolute Gasteiger partial charge is 0.495 e. The molecule has 24 heteroatoms. The van der Waals surface area contributed by atoms with Crippen LogP contribution in [0.2, 0.25) is 0 Å². The molecule has 2 unspecified atom stereocenters. The number of rotatable bonds is 15. The van der Waals surface area contributed by atoms with Crippen LogP contribution in [0.1, 0.15) is 88.6 Å². The molecule has 11 rings (SSSR count). The number of halogens is 6. The van der Waals surface area contributed by atoms with Gasteiger partial charge in [0, 0.05) is 119 Å². The van der Waals surface area contributed by atoms with E-state index < -0.39 is 73.3 Å². The average molecular weight is 1210 g/mol. The predicted molar refractivity (Wildman–Crippen MR) is 323 cm³/mol. The first-order valence-corrected chi connectivity index (χ1v) is 30.2. The number of alkyl halides is 6. The Balaban J connectivity index is 1.000. The number of anilines is 4. The molecule has 2 N–H and O–H groups in total. The lowest BCUT2D eigenvalue weighted by molar-refractivity contribution is -0.144. The Labute approximate surface area is 503 Å². The summed E-state index contributed by atoms with van der Waals surface area (Å²) in [5.41, 5.74) is 7.72. The van der Waals surface area contributed by atoms with Crippen LogP contribution in [0.25, 0.3) is 33.6 Å². The molecule has 87 heavy (non-hydrogen) atoms. The lowest BCUT2D eigenvalue weighted by atomic mass is 9.71. The van der Waals surface area contributed by atoms with Crippen LogP contribution in [0.3, 0.4) is 0 Å². The number of aromatic nitrogens is 5. The van der Waals surface area contributed by atoms with E-state index in [1.54, 1.807) is 12.1 Å². The first kappa shape index (κ1) is 61.5. The molecule has 5 aliphatic heterocycles. The van der Waals surface area contributed by atoms with Crippen LogP contribution < -0.4 is 25.9 Å². The quantitative estimate of drug-likeness (QED) is 0.0745. The number of hydrogen-bond donors (Lipinski definition) is 2. The highest BCUT2D eigenvalue weighted by atomic mass is 19.4. The van der Waals surface area contributed by atoms with Gasteiger partial charge in [0.2, 0.25) is 0 Å². The van der Waals surface area contributed by atoms with Crippen LogP contribution in [-0.2, 0) is 31.9 Å². The maximum Gasteiger partial charge on any atom is 0.495 e. The summed E-state index contributed by atoms with van der Waals surface area (Å²) < 4.78 is 110. The zero-order chi connectivity index (χ0) is 61.6. The summed E-state index contributed by atoms with van der Waals surface area (Å²) in [5, 5.41) is 10.6. The second kappa shape index (κ2) is 24.8. The second-order valence-corrected chi connectivity index (χ2v) is 24.4. The standard InChI is InChI=1S/C63H76BF6N11O6/c1-8-76-38-46(52-26-44(29-55(74-52)77-18-22-84-23-19-77)50-31-48(12-10-40(50)3)72-58(82)79-16-14-42(36-79)33-62(65,66)67)28-54(76)57(45-27-53(47-35-71-81(9-2)39-47)75-56(30-45)78-20-24-85-25-21-78)61(7)60(5,6)86-64(87-61)51-32-49(13-11-41(51)4)73-59(83)80-17-15-43(37-80)34-63(68,69)70/h10-13,26-32,35,38-39,42-43,57H,8-9,14-25,33-34,36-37H2,1-7H3,(H,72,82)(H,73,83)/t42-,43-,57?,61?/m0/s1. The molecule has 464 valence electrons. The third kappa shape index (κ3) is 13.6. The van der Waals surface area contributed by atoms with Gasteiger partial charge in [-0.2, -0.15) is 31.4 Å². The van der Waals surface area contributed by atoms with Crippen molar-refractivity contribution in [3.8, 4) is 33.6 Å². The number of nitrogens with zero attached hydrogens (tertiary/aromatic N) is 9. The molecule has 0 spiro atoms. The van der Waals surface area contributed by atoms with Gasteiger partial charge in [0.15, 0.2) is 0 Å². The molecule has 4 amide bonds. The van der Waals surface area contributed by atoms with Gasteiger partial charge in [-0.05, 0) is 155 Å². The van der Waals surface area contributed by atoms with Crippen molar-refractivity contribution in [1.82, 2.24) is 34.1 Å². The Morgan fingerprint density at radius 1 is 0.655 bits per heavy atom. The Morgan fingerprint density at radius 3 is 1.78 bits per heavy atom. The molecule has 0 radical (unpaired) electrons. The topological polar surface area (TPSA) is 157 Å². The molecular formula is C63H76BF6N11O6. The number of pyridine rings is 2. The normalized spacial score (nSPS) is 21.3. The fraction of sp³-hybridized carbons (Fsp3) is 0.508. The molecule has 0 aliphatic carbocycles. The zero-order valence-electron chi connectivity index (χ0n) is 50.4. The minimum absolute atomic E-state index is 0.00645. The van der Waals surface area contributed by atoms with Gasteiger partial charge in [-0.3, -0.25) is 4.68 Å². The summed E-state index contributed by atoms with van der Waals surface area (Å²) >= 11 is 0. The number of morpholine rings is 2. The number of carbonyl (C=O) groups excluding carboxylic acids is 2. The summed E-state index contributed by atoms with van der Waals surface area (Å²) in [6.07, 6.45) is -4.01. The summed E-state index contributed by atoms with van der Waals surface area (Å²) in [6, 6.07) is 20.7. The number of aryl methyl sites for hydroxylation is 4. The Kier molecular flexibility index (Phi) is 17.5. The van der Waals surface area contributed by atoms with Crippen LogP contribution in [0.5, 0.6) is 0 Å². The third-order valence-corrected chi connectivity index (χ3v) is 18.0. The first-order valence-electron chi connectivity index (χ1n) is 30.2. The summed E-state index contributed by atoms with van der Waals surface area (Å²) in [7, 11) is -0.945. The van der Waals surface area contributed by atoms with Gasteiger partial charge in [0.05, 0.1) is 61.1 Å². The van der Waals surface area contributed by atoms with E-state index in [2.05, 4.69) is 74.4 Å². The minimum Gasteiger partial charge on any atom is -0.399 e. The summed E-state index contributed by atoms with van der Waals surface area (Å²) in [4.78, 5) is 45.3. The number of nitrogens with one attached hydrogen (secondary N) is 2. The molecule has 0 bridgehead atoms. The van der Waals surface area contributed by atoms with Crippen molar-refractivity contribution >= 4 is 47.7 Å². The van der Waals surface area contributed by atoms with Gasteiger partial charge < -0.3 is 53.6 Å². The van der Waals surface area contributed by atoms with E-state index >= 15 is 0 Å². The van der Waals surface area contributed by atoms with Gasteiger partial charge in [0.1, 0.15) is 11.6 Å². The lowest BCUT2D eigenvalue weighted by Crippen LogP contribution is -2.50. The highest BCUT2D eigenvalue weighted by molar-refractivity contribution is 6.62. The highest BCUT2D eigenvalue weighted by Gasteiger charge is 2.60. The Morgan fingerprint density at radius 2 is 1.22 bits per heavy atom. The van der Waals surface area contributed by atoms with Crippen LogP contribution in [-0.4, -0.2) is 156 Å². The van der Waals surface area contributed by atoms with E-state index in [0.717, 1.165) is 62.0 Å². The Hall–Kier alpha value is -7.15. The number of amides is 4. The molecule has 9 heterocycles. The van der Waals surface area contributed by atoms with Crippen LogP contribution in [0.15, 0.2) is 85.3 Å². The monoisotopic (exact) mass is 1210 g/mol. The van der Waals surface area contributed by atoms with Crippen molar-refractivity contribution in [2.75, 3.05) is 99.2 Å². The van der Waals surface area contributed by atoms with Gasteiger partial charge in [-0.1, -0.05) is 17.7 Å². The zero-order valence-corrected chi connectivity index (χ0v) is 50.4. The summed E-state index contributed by atoms with van der Waals surface area (Å²) in [5.74, 6) is -0.404. The van der Waals surface area contributed by atoms with Gasteiger partial charge >= 0.3 is 31.5 Å². The van der Waals surface area contributed by atoms with E-state index in [1.165, 1.54) is 9.80 Å². The third-order valence-electron chi connectivity index (χ3n) is 18.0. The number of urea groups is 2.